The summed E-state index contributed by atoms with van der Waals surface area (Å²) in [5.74, 6) is -0.973. The minimum Gasteiger partial charge on any atom is -0.478 e. The molecule has 1 aliphatic rings. The molecule has 2 N–H and O–H groups in total. The lowest BCUT2D eigenvalue weighted by molar-refractivity contribution is 0.0696. The average Bonchev–Trinajstić information content (AvgIpc) is 2.48. The van der Waals surface area contributed by atoms with Crippen LogP contribution < -0.4 is 4.72 Å². The summed E-state index contributed by atoms with van der Waals surface area (Å²) >= 11 is 0. The van der Waals surface area contributed by atoms with Crippen LogP contribution in [0.3, 0.4) is 0 Å². The molecule has 2 rings (SSSR count). The van der Waals surface area contributed by atoms with E-state index in [1.165, 1.54) is 6.07 Å². The highest BCUT2D eigenvalue weighted by atomic mass is 32.2. The molecule has 0 saturated heterocycles. The Morgan fingerprint density at radius 1 is 1.24 bits per heavy atom. The normalized spacial score (nSPS) is 16.8. The van der Waals surface area contributed by atoms with Gasteiger partial charge in [-0.1, -0.05) is 31.4 Å². The van der Waals surface area contributed by atoms with Gasteiger partial charge in [0.15, 0.2) is 0 Å². The van der Waals surface area contributed by atoms with Crippen LogP contribution in [0.15, 0.2) is 24.3 Å². The quantitative estimate of drug-likeness (QED) is 0.843. The molecule has 0 aromatic heterocycles. The molecule has 1 fully saturated rings. The van der Waals surface area contributed by atoms with Crippen molar-refractivity contribution in [2.45, 2.75) is 43.8 Å². The lowest BCUT2D eigenvalue weighted by atomic mass is 10.0. The third-order valence-electron chi connectivity index (χ3n) is 3.88. The van der Waals surface area contributed by atoms with Crippen LogP contribution in [0, 0.1) is 0 Å². The number of carbonyl (C=O) groups is 1. The maximum absolute atomic E-state index is 12.1. The lowest BCUT2D eigenvalue weighted by Crippen LogP contribution is -2.36. The zero-order valence-electron chi connectivity index (χ0n) is 11.9. The van der Waals surface area contributed by atoms with Crippen LogP contribution in [-0.4, -0.2) is 31.3 Å². The first-order chi connectivity index (χ1) is 9.99. The Bertz CT molecular complexity index is 591. The average molecular weight is 311 g/mol. The van der Waals surface area contributed by atoms with E-state index in [0.717, 1.165) is 37.7 Å². The van der Waals surface area contributed by atoms with Crippen molar-refractivity contribution in [1.82, 2.24) is 4.72 Å². The predicted molar refractivity (Wildman–Crippen MR) is 80.9 cm³/mol. The van der Waals surface area contributed by atoms with E-state index in [0.29, 0.717) is 13.0 Å². The molecule has 5 nitrogen and oxygen atoms in total. The Morgan fingerprint density at radius 3 is 2.62 bits per heavy atom. The number of carboxylic acids is 1. The number of hydrogen-bond donors (Lipinski definition) is 2. The van der Waals surface area contributed by atoms with Crippen molar-refractivity contribution in [3.8, 4) is 0 Å². The van der Waals surface area contributed by atoms with E-state index < -0.39 is 16.0 Å². The molecule has 116 valence electrons. The van der Waals surface area contributed by atoms with Gasteiger partial charge in [-0.2, -0.15) is 0 Å². The molecule has 1 aromatic carbocycles. The molecule has 0 amide bonds. The summed E-state index contributed by atoms with van der Waals surface area (Å²) < 4.78 is 26.9. The van der Waals surface area contributed by atoms with Crippen LogP contribution in [-0.2, 0) is 16.4 Å². The summed E-state index contributed by atoms with van der Waals surface area (Å²) in [6.45, 7) is 0.307. The Labute approximate surface area is 125 Å². The highest BCUT2D eigenvalue weighted by Gasteiger charge is 2.26. The fraction of sp³-hybridized carbons (Fsp3) is 0.533. The van der Waals surface area contributed by atoms with Crippen LogP contribution in [0.5, 0.6) is 0 Å². The third-order valence-corrected chi connectivity index (χ3v) is 5.84. The molecule has 0 atom stereocenters. The van der Waals surface area contributed by atoms with Gasteiger partial charge in [-0.3, -0.25) is 0 Å². The molecule has 1 saturated carbocycles. The van der Waals surface area contributed by atoms with Crippen molar-refractivity contribution in [2.75, 3.05) is 6.54 Å². The molecular formula is C15H21NO4S. The van der Waals surface area contributed by atoms with E-state index in [1.54, 1.807) is 18.2 Å². The molecule has 0 aliphatic heterocycles. The van der Waals surface area contributed by atoms with E-state index in [2.05, 4.69) is 4.72 Å². The van der Waals surface area contributed by atoms with Gasteiger partial charge < -0.3 is 5.11 Å². The molecule has 1 aliphatic carbocycles. The highest BCUT2D eigenvalue weighted by Crippen LogP contribution is 2.22. The van der Waals surface area contributed by atoms with Gasteiger partial charge in [-0.15, -0.1) is 0 Å². The van der Waals surface area contributed by atoms with E-state index in [1.807, 2.05) is 0 Å². The molecule has 6 heteroatoms. The Balaban J connectivity index is 1.88. The Kier molecular flexibility index (Phi) is 5.36. The first-order valence-electron chi connectivity index (χ1n) is 7.30. The maximum Gasteiger partial charge on any atom is 0.335 e. The molecule has 0 heterocycles. The first kappa shape index (κ1) is 16.0. The Hall–Kier alpha value is -1.40. The van der Waals surface area contributed by atoms with Gasteiger partial charge >= 0.3 is 5.97 Å². The zero-order chi connectivity index (χ0) is 15.3. The lowest BCUT2D eigenvalue weighted by Gasteiger charge is -2.22. The largest absolute Gasteiger partial charge is 0.478 e. The van der Waals surface area contributed by atoms with Gasteiger partial charge in [0.1, 0.15) is 0 Å². The van der Waals surface area contributed by atoms with Crippen LogP contribution >= 0.6 is 0 Å². The minimum absolute atomic E-state index is 0.225. The van der Waals surface area contributed by atoms with Gasteiger partial charge in [-0.05, 0) is 37.0 Å². The number of carboxylic acid groups (broad SMARTS) is 1. The number of aromatic carboxylic acids is 1. The molecule has 0 unspecified atom stereocenters. The number of sulfonamides is 1. The van der Waals surface area contributed by atoms with Gasteiger partial charge in [0.25, 0.3) is 0 Å². The summed E-state index contributed by atoms with van der Waals surface area (Å²) in [4.78, 5) is 10.9. The fourth-order valence-corrected chi connectivity index (χ4v) is 4.27. The van der Waals surface area contributed by atoms with E-state index in [9.17, 15) is 13.2 Å². The highest BCUT2D eigenvalue weighted by molar-refractivity contribution is 7.90. The topological polar surface area (TPSA) is 83.5 Å². The van der Waals surface area contributed by atoms with E-state index >= 15 is 0 Å². The molecule has 21 heavy (non-hydrogen) atoms. The summed E-state index contributed by atoms with van der Waals surface area (Å²) in [7, 11) is -3.25. The van der Waals surface area contributed by atoms with Crippen LogP contribution in [0.4, 0.5) is 0 Å². The second kappa shape index (κ2) is 7.04. The predicted octanol–water partition coefficient (Wildman–Crippen LogP) is 2.18. The molecule has 0 radical (unpaired) electrons. The van der Waals surface area contributed by atoms with Crippen LogP contribution in [0.1, 0.15) is 48.0 Å². The summed E-state index contributed by atoms with van der Waals surface area (Å²) in [5.41, 5.74) is 1.05. The van der Waals surface area contributed by atoms with E-state index in [4.69, 9.17) is 5.11 Å². The van der Waals surface area contributed by atoms with Crippen molar-refractivity contribution < 1.29 is 18.3 Å². The molecule has 1 aromatic rings. The van der Waals surface area contributed by atoms with Crippen molar-refractivity contribution in [1.29, 1.82) is 0 Å². The smallest absolute Gasteiger partial charge is 0.335 e. The standard InChI is InChI=1S/C15H21NO4S/c17-15(18)13-6-4-5-12(11-13)9-10-16-21(19,20)14-7-2-1-3-8-14/h4-6,11,14,16H,1-3,7-10H2,(H,17,18). The number of nitrogens with one attached hydrogen (secondary N) is 1. The second-order valence-electron chi connectivity index (χ2n) is 5.45. The van der Waals surface area contributed by atoms with Crippen molar-refractivity contribution in [3.63, 3.8) is 0 Å². The molecule has 0 spiro atoms. The number of hydrogen-bond acceptors (Lipinski definition) is 3. The van der Waals surface area contributed by atoms with Crippen LogP contribution in [0.25, 0.3) is 0 Å². The fourth-order valence-electron chi connectivity index (χ4n) is 2.69. The zero-order valence-corrected chi connectivity index (χ0v) is 12.7. The minimum atomic E-state index is -3.25. The SMILES string of the molecule is O=C(O)c1cccc(CCNS(=O)(=O)C2CCCCC2)c1. The third kappa shape index (κ3) is 4.54. The summed E-state index contributed by atoms with van der Waals surface area (Å²) in [6, 6.07) is 6.59. The summed E-state index contributed by atoms with van der Waals surface area (Å²) in [5, 5.41) is 8.66. The van der Waals surface area contributed by atoms with Gasteiger partial charge in [0.2, 0.25) is 10.0 Å². The second-order valence-corrected chi connectivity index (χ2v) is 7.50. The van der Waals surface area contributed by atoms with Crippen molar-refractivity contribution in [3.05, 3.63) is 35.4 Å². The van der Waals surface area contributed by atoms with Crippen molar-refractivity contribution >= 4 is 16.0 Å². The van der Waals surface area contributed by atoms with Crippen molar-refractivity contribution in [2.24, 2.45) is 0 Å². The van der Waals surface area contributed by atoms with Gasteiger partial charge in [0, 0.05) is 6.54 Å². The number of benzene rings is 1. The summed E-state index contributed by atoms with van der Waals surface area (Å²) in [6.07, 6.45) is 5.05. The van der Waals surface area contributed by atoms with E-state index in [-0.39, 0.29) is 10.8 Å². The number of rotatable bonds is 6. The van der Waals surface area contributed by atoms with Gasteiger partial charge in [0.05, 0.1) is 10.8 Å². The molecule has 0 bridgehead atoms. The molecular weight excluding hydrogens is 290 g/mol. The first-order valence-corrected chi connectivity index (χ1v) is 8.84. The Morgan fingerprint density at radius 2 is 1.95 bits per heavy atom. The monoisotopic (exact) mass is 311 g/mol. The maximum atomic E-state index is 12.1. The van der Waals surface area contributed by atoms with Gasteiger partial charge in [-0.25, -0.2) is 17.9 Å². The van der Waals surface area contributed by atoms with Crippen LogP contribution in [0.2, 0.25) is 0 Å².